The number of carbonyl (C=O) groups excluding carboxylic acids is 2. The Labute approximate surface area is 206 Å². The molecule has 2 aliphatic rings. The van der Waals surface area contributed by atoms with Crippen molar-refractivity contribution in [1.82, 2.24) is 10.2 Å². The van der Waals surface area contributed by atoms with Gasteiger partial charge in [-0.25, -0.2) is 9.18 Å². The Kier molecular flexibility index (Phi) is 7.51. The zero-order chi connectivity index (χ0) is 25.1. The summed E-state index contributed by atoms with van der Waals surface area (Å²) in [6.45, 7) is 3.84. The molecular weight excluding hydrogens is 477 g/mol. The summed E-state index contributed by atoms with van der Waals surface area (Å²) in [6, 6.07) is 8.38. The number of nitro groups is 1. The molecule has 0 unspecified atom stereocenters. The number of halogens is 1. The maximum absolute atomic E-state index is 15.0. The van der Waals surface area contributed by atoms with Crippen molar-refractivity contribution < 1.29 is 23.6 Å². The fourth-order valence-electron chi connectivity index (χ4n) is 4.49. The first-order valence-corrected chi connectivity index (χ1v) is 12.2. The highest BCUT2D eigenvalue weighted by molar-refractivity contribution is 7.15. The van der Waals surface area contributed by atoms with Gasteiger partial charge in [0, 0.05) is 43.5 Å². The predicted molar refractivity (Wildman–Crippen MR) is 130 cm³/mol. The van der Waals surface area contributed by atoms with Crippen LogP contribution in [0.15, 0.2) is 30.3 Å². The number of anilines is 2. The molecule has 3 heterocycles. The highest BCUT2D eigenvalue weighted by Gasteiger charge is 2.33. The number of benzene rings is 1. The van der Waals surface area contributed by atoms with Gasteiger partial charge in [-0.2, -0.15) is 0 Å². The number of hydrogen-bond donors (Lipinski definition) is 1. The third-order valence-corrected chi connectivity index (χ3v) is 7.38. The van der Waals surface area contributed by atoms with Crippen molar-refractivity contribution in [2.75, 3.05) is 43.0 Å². The number of nitrogens with zero attached hydrogens (tertiary/aromatic N) is 4. The van der Waals surface area contributed by atoms with Gasteiger partial charge >= 0.3 is 11.1 Å². The van der Waals surface area contributed by atoms with Gasteiger partial charge in [0.25, 0.3) is 0 Å². The highest BCUT2D eigenvalue weighted by Crippen LogP contribution is 2.31. The standard InChI is InChI=1S/C23H28FN5O5S/c1-15(30)25-12-18-13-28(23(31)34-18)17-3-5-21(20(24)11-17)27-9-7-16(8-10-27)26(2)14-19-4-6-22(35-19)29(32)33/h3-6,11,16,18H,7-10,12-14H2,1-2H3,(H,25,30)/t18-/m0/s1. The van der Waals surface area contributed by atoms with Crippen LogP contribution in [0.5, 0.6) is 0 Å². The molecular formula is C23H28FN5O5S. The van der Waals surface area contributed by atoms with E-state index in [0.717, 1.165) is 17.7 Å². The molecule has 2 fully saturated rings. The average molecular weight is 506 g/mol. The minimum absolute atomic E-state index is 0.146. The topological polar surface area (TPSA) is 108 Å². The van der Waals surface area contributed by atoms with Crippen LogP contribution >= 0.6 is 11.3 Å². The molecule has 1 atom stereocenters. The van der Waals surface area contributed by atoms with Gasteiger partial charge in [0.15, 0.2) is 0 Å². The number of cyclic esters (lactones) is 1. The molecule has 35 heavy (non-hydrogen) atoms. The first-order chi connectivity index (χ1) is 16.7. The molecule has 0 radical (unpaired) electrons. The van der Waals surface area contributed by atoms with E-state index in [0.29, 0.717) is 37.1 Å². The van der Waals surface area contributed by atoms with Crippen LogP contribution in [-0.2, 0) is 16.1 Å². The average Bonchev–Trinajstić information content (AvgIpc) is 3.44. The van der Waals surface area contributed by atoms with Crippen LogP contribution in [0.3, 0.4) is 0 Å². The lowest BCUT2D eigenvalue weighted by Crippen LogP contribution is -2.43. The molecule has 10 nitrogen and oxygen atoms in total. The Morgan fingerprint density at radius 3 is 2.69 bits per heavy atom. The number of ether oxygens (including phenoxy) is 1. The molecule has 0 spiro atoms. The van der Waals surface area contributed by atoms with Crippen molar-refractivity contribution in [3.8, 4) is 0 Å². The van der Waals surface area contributed by atoms with Crippen molar-refractivity contribution in [3.63, 3.8) is 0 Å². The summed E-state index contributed by atoms with van der Waals surface area (Å²) in [4.78, 5) is 40.3. The number of hydrogen-bond acceptors (Lipinski definition) is 8. The lowest BCUT2D eigenvalue weighted by Gasteiger charge is -2.38. The van der Waals surface area contributed by atoms with E-state index in [4.69, 9.17) is 4.74 Å². The van der Waals surface area contributed by atoms with Crippen LogP contribution in [0.4, 0.5) is 25.6 Å². The van der Waals surface area contributed by atoms with E-state index < -0.39 is 18.0 Å². The lowest BCUT2D eigenvalue weighted by atomic mass is 10.0. The summed E-state index contributed by atoms with van der Waals surface area (Å²) in [6.07, 6.45) is 0.640. The van der Waals surface area contributed by atoms with E-state index in [1.807, 2.05) is 11.9 Å². The molecule has 2 aromatic rings. The first-order valence-electron chi connectivity index (χ1n) is 11.4. The highest BCUT2D eigenvalue weighted by atomic mass is 32.1. The zero-order valence-electron chi connectivity index (χ0n) is 19.6. The Balaban J connectivity index is 1.32. The molecule has 1 aromatic heterocycles. The molecule has 0 saturated carbocycles. The third-order valence-electron chi connectivity index (χ3n) is 6.36. The first kappa shape index (κ1) is 24.9. The lowest BCUT2D eigenvalue weighted by molar-refractivity contribution is -0.380. The fraction of sp³-hybridized carbons (Fsp3) is 0.478. The number of amides is 2. The van der Waals surface area contributed by atoms with E-state index in [1.165, 1.54) is 35.3 Å². The van der Waals surface area contributed by atoms with Crippen molar-refractivity contribution in [2.45, 2.75) is 38.5 Å². The smallest absolute Gasteiger partial charge is 0.414 e. The minimum atomic E-state index is -0.563. The zero-order valence-corrected chi connectivity index (χ0v) is 20.4. The molecule has 2 aliphatic heterocycles. The van der Waals surface area contributed by atoms with Crippen molar-refractivity contribution in [2.24, 2.45) is 0 Å². The van der Waals surface area contributed by atoms with E-state index >= 15 is 4.39 Å². The van der Waals surface area contributed by atoms with Gasteiger partial charge in [-0.15, -0.1) is 0 Å². The summed E-state index contributed by atoms with van der Waals surface area (Å²) in [7, 11) is 2.01. The van der Waals surface area contributed by atoms with E-state index in [1.54, 1.807) is 18.2 Å². The van der Waals surface area contributed by atoms with Gasteiger partial charge in [0.2, 0.25) is 5.91 Å². The normalized spacial score (nSPS) is 18.7. The monoisotopic (exact) mass is 505 g/mol. The largest absolute Gasteiger partial charge is 0.442 e. The van der Waals surface area contributed by atoms with Gasteiger partial charge in [0.1, 0.15) is 11.9 Å². The van der Waals surface area contributed by atoms with Crippen LogP contribution in [0.1, 0.15) is 24.6 Å². The molecule has 188 valence electrons. The maximum Gasteiger partial charge on any atom is 0.414 e. The molecule has 0 aliphatic carbocycles. The maximum atomic E-state index is 15.0. The van der Waals surface area contributed by atoms with Crippen LogP contribution in [-0.4, -0.2) is 67.2 Å². The minimum Gasteiger partial charge on any atom is -0.442 e. The summed E-state index contributed by atoms with van der Waals surface area (Å²) in [5.41, 5.74) is 0.910. The molecule has 1 aromatic carbocycles. The van der Waals surface area contributed by atoms with Crippen molar-refractivity contribution in [3.05, 3.63) is 51.1 Å². The van der Waals surface area contributed by atoms with Crippen molar-refractivity contribution >= 4 is 39.7 Å². The molecule has 12 heteroatoms. The quantitative estimate of drug-likeness (QED) is 0.433. The molecule has 2 amide bonds. The van der Waals surface area contributed by atoms with Crippen LogP contribution in [0.2, 0.25) is 0 Å². The van der Waals surface area contributed by atoms with Crippen LogP contribution in [0, 0.1) is 15.9 Å². The Hall–Kier alpha value is -3.25. The molecule has 2 saturated heterocycles. The summed E-state index contributed by atoms with van der Waals surface area (Å²) in [5, 5.41) is 13.7. The van der Waals surface area contributed by atoms with Crippen LogP contribution < -0.4 is 15.1 Å². The molecule has 0 bridgehead atoms. The number of carbonyl (C=O) groups is 2. The van der Waals surface area contributed by atoms with Crippen LogP contribution in [0.25, 0.3) is 0 Å². The Morgan fingerprint density at radius 2 is 2.06 bits per heavy atom. The van der Waals surface area contributed by atoms with E-state index in [-0.39, 0.29) is 28.9 Å². The molecule has 4 rings (SSSR count). The Morgan fingerprint density at radius 1 is 1.31 bits per heavy atom. The SMILES string of the molecule is CC(=O)NC[C@H]1CN(c2ccc(N3CCC(N(C)Cc4ccc([N+](=O)[O-])s4)CC3)c(F)c2)C(=O)O1. The second-order valence-electron chi connectivity index (χ2n) is 8.82. The van der Waals surface area contributed by atoms with Gasteiger partial charge in [-0.3, -0.25) is 24.7 Å². The predicted octanol–water partition coefficient (Wildman–Crippen LogP) is 3.36. The summed E-state index contributed by atoms with van der Waals surface area (Å²) in [5.74, 6) is -0.612. The number of nitrogens with one attached hydrogen (secondary N) is 1. The molecule has 1 N–H and O–H groups in total. The number of rotatable bonds is 8. The second-order valence-corrected chi connectivity index (χ2v) is 9.97. The second kappa shape index (κ2) is 10.6. The number of piperidine rings is 1. The van der Waals surface area contributed by atoms with Crippen molar-refractivity contribution in [1.29, 1.82) is 0 Å². The van der Waals surface area contributed by atoms with Gasteiger partial charge in [0.05, 0.1) is 29.4 Å². The van der Waals surface area contributed by atoms with Gasteiger partial charge in [-0.1, -0.05) is 11.3 Å². The van der Waals surface area contributed by atoms with Gasteiger partial charge in [-0.05, 0) is 44.2 Å². The summed E-state index contributed by atoms with van der Waals surface area (Å²) < 4.78 is 20.3. The third kappa shape index (κ3) is 5.88. The van der Waals surface area contributed by atoms with E-state index in [9.17, 15) is 19.7 Å². The van der Waals surface area contributed by atoms with Gasteiger partial charge < -0.3 is 15.0 Å². The fourth-order valence-corrected chi connectivity index (χ4v) is 5.37. The number of thiophene rings is 1. The summed E-state index contributed by atoms with van der Waals surface area (Å²) >= 11 is 1.19. The van der Waals surface area contributed by atoms with E-state index in [2.05, 4.69) is 10.2 Å². The Bertz CT molecular complexity index is 1100.